The Bertz CT molecular complexity index is 886. The Labute approximate surface area is 145 Å². The summed E-state index contributed by atoms with van der Waals surface area (Å²) in [5, 5.41) is 3.00. The lowest BCUT2D eigenvalue weighted by atomic mass is 10.1. The van der Waals surface area contributed by atoms with Gasteiger partial charge in [0.1, 0.15) is 0 Å². The lowest BCUT2D eigenvalue weighted by Gasteiger charge is -2.08. The Hall–Kier alpha value is -2.61. The minimum Gasteiger partial charge on any atom is -0.459 e. The number of aryl methyl sites for hydroxylation is 1. The summed E-state index contributed by atoms with van der Waals surface area (Å²) in [6.07, 6.45) is -2.67. The van der Waals surface area contributed by atoms with Crippen molar-refractivity contribution in [2.24, 2.45) is 0 Å². The Morgan fingerprint density at radius 1 is 1.28 bits per heavy atom. The van der Waals surface area contributed by atoms with Gasteiger partial charge in [-0.1, -0.05) is 18.2 Å². The molecule has 0 aliphatic carbocycles. The van der Waals surface area contributed by atoms with Crippen LogP contribution in [0.1, 0.15) is 32.3 Å². The molecule has 0 fully saturated rings. The fourth-order valence-corrected chi connectivity index (χ4v) is 3.25. The maximum Gasteiger partial charge on any atom is 0.416 e. The van der Waals surface area contributed by atoms with Gasteiger partial charge in [0.25, 0.3) is 5.91 Å². The van der Waals surface area contributed by atoms with E-state index in [1.165, 1.54) is 29.7 Å². The number of carbonyl (C=O) groups excluding carboxylic acids is 1. The van der Waals surface area contributed by atoms with Crippen molar-refractivity contribution in [3.05, 3.63) is 70.1 Å². The van der Waals surface area contributed by atoms with Gasteiger partial charge in [-0.25, -0.2) is 4.98 Å². The number of nitrogens with zero attached hydrogens (tertiary/aromatic N) is 1. The van der Waals surface area contributed by atoms with Gasteiger partial charge in [-0.15, -0.1) is 11.3 Å². The van der Waals surface area contributed by atoms with Crippen molar-refractivity contribution in [2.75, 3.05) is 5.32 Å². The highest BCUT2D eigenvalue weighted by atomic mass is 32.1. The summed E-state index contributed by atoms with van der Waals surface area (Å²) in [6, 6.07) is 8.31. The van der Waals surface area contributed by atoms with Gasteiger partial charge in [0.15, 0.2) is 10.9 Å². The number of hydrogen-bond donors (Lipinski definition) is 1. The summed E-state index contributed by atoms with van der Waals surface area (Å²) in [5.74, 6) is -0.267. The van der Waals surface area contributed by atoms with Crippen molar-refractivity contribution in [3.63, 3.8) is 0 Å². The van der Waals surface area contributed by atoms with Gasteiger partial charge in [-0.2, -0.15) is 13.2 Å². The molecule has 2 aromatic heterocycles. The molecule has 0 saturated carbocycles. The number of thiazole rings is 1. The van der Waals surface area contributed by atoms with Gasteiger partial charge >= 0.3 is 6.18 Å². The normalized spacial score (nSPS) is 11.5. The van der Waals surface area contributed by atoms with Crippen LogP contribution >= 0.6 is 11.3 Å². The highest BCUT2D eigenvalue weighted by Crippen LogP contribution is 2.31. The summed E-state index contributed by atoms with van der Waals surface area (Å²) in [7, 11) is 0. The van der Waals surface area contributed by atoms with Crippen LogP contribution in [-0.4, -0.2) is 10.9 Å². The smallest absolute Gasteiger partial charge is 0.416 e. The number of aromatic nitrogens is 1. The van der Waals surface area contributed by atoms with Gasteiger partial charge in [-0.3, -0.25) is 10.1 Å². The maximum atomic E-state index is 12.8. The summed E-state index contributed by atoms with van der Waals surface area (Å²) >= 11 is 1.23. The van der Waals surface area contributed by atoms with Crippen molar-refractivity contribution < 1.29 is 22.4 Å². The van der Waals surface area contributed by atoms with Crippen LogP contribution < -0.4 is 5.32 Å². The minimum absolute atomic E-state index is 0.160. The molecule has 8 heteroatoms. The van der Waals surface area contributed by atoms with Gasteiger partial charge in [-0.05, 0) is 30.7 Å². The fourth-order valence-electron chi connectivity index (χ4n) is 2.25. The molecule has 0 atom stereocenters. The standard InChI is InChI=1S/C17H13F3N2O2S/c1-10-14(9-11-4-2-5-12(8-11)17(18,19)20)25-16(21-10)22-15(23)13-6-3-7-24-13/h2-8H,9H2,1H3,(H,21,22,23). The van der Waals surface area contributed by atoms with Crippen LogP contribution in [0.25, 0.3) is 0 Å². The average molecular weight is 366 g/mol. The first-order chi connectivity index (χ1) is 11.8. The fraction of sp³-hybridized carbons (Fsp3) is 0.176. The number of nitrogens with one attached hydrogen (secondary N) is 1. The second kappa shape index (κ2) is 6.72. The molecular formula is C17H13F3N2O2S. The molecule has 1 aromatic carbocycles. The summed E-state index contributed by atoms with van der Waals surface area (Å²) in [4.78, 5) is 17.0. The molecule has 0 aliphatic rings. The molecule has 3 rings (SSSR count). The van der Waals surface area contributed by atoms with Crippen LogP contribution in [0.4, 0.5) is 18.3 Å². The van der Waals surface area contributed by atoms with Crippen molar-refractivity contribution in [3.8, 4) is 0 Å². The van der Waals surface area contributed by atoms with Gasteiger partial charge in [0, 0.05) is 11.3 Å². The Morgan fingerprint density at radius 3 is 2.76 bits per heavy atom. The topological polar surface area (TPSA) is 55.1 Å². The predicted molar refractivity (Wildman–Crippen MR) is 87.8 cm³/mol. The highest BCUT2D eigenvalue weighted by Gasteiger charge is 2.30. The zero-order valence-corrected chi connectivity index (χ0v) is 13.9. The van der Waals surface area contributed by atoms with Crippen LogP contribution in [0.15, 0.2) is 47.1 Å². The number of carbonyl (C=O) groups is 1. The molecule has 4 nitrogen and oxygen atoms in total. The van der Waals surface area contributed by atoms with E-state index in [-0.39, 0.29) is 5.76 Å². The molecule has 0 saturated heterocycles. The average Bonchev–Trinajstić information content (AvgIpc) is 3.18. The number of amides is 1. The molecule has 3 aromatic rings. The minimum atomic E-state index is -4.37. The van der Waals surface area contributed by atoms with E-state index >= 15 is 0 Å². The number of benzene rings is 1. The predicted octanol–water partition coefficient (Wildman–Crippen LogP) is 4.91. The molecule has 25 heavy (non-hydrogen) atoms. The Morgan fingerprint density at radius 2 is 2.08 bits per heavy atom. The molecule has 130 valence electrons. The zero-order chi connectivity index (χ0) is 18.0. The van der Waals surface area contributed by atoms with E-state index in [2.05, 4.69) is 10.3 Å². The summed E-state index contributed by atoms with van der Waals surface area (Å²) in [6.45, 7) is 1.75. The first-order valence-electron chi connectivity index (χ1n) is 7.30. The lowest BCUT2D eigenvalue weighted by molar-refractivity contribution is -0.137. The zero-order valence-electron chi connectivity index (χ0n) is 13.1. The molecule has 0 bridgehead atoms. The quantitative estimate of drug-likeness (QED) is 0.714. The number of hydrogen-bond acceptors (Lipinski definition) is 4. The van der Waals surface area contributed by atoms with Crippen LogP contribution in [0.5, 0.6) is 0 Å². The largest absolute Gasteiger partial charge is 0.459 e. The maximum absolute atomic E-state index is 12.8. The number of anilines is 1. The van der Waals surface area contributed by atoms with E-state index in [0.29, 0.717) is 22.8 Å². The molecule has 1 amide bonds. The molecule has 0 aliphatic heterocycles. The number of furan rings is 1. The van der Waals surface area contributed by atoms with Crippen LogP contribution in [0, 0.1) is 6.92 Å². The molecule has 1 N–H and O–H groups in total. The molecular weight excluding hydrogens is 353 g/mol. The van der Waals surface area contributed by atoms with Crippen LogP contribution in [0.2, 0.25) is 0 Å². The van der Waals surface area contributed by atoms with Crippen molar-refractivity contribution in [1.29, 1.82) is 0 Å². The molecule has 0 spiro atoms. The molecule has 0 unspecified atom stereocenters. The summed E-state index contributed by atoms with van der Waals surface area (Å²) in [5.41, 5.74) is 0.515. The van der Waals surface area contributed by atoms with Crippen molar-refractivity contribution >= 4 is 22.4 Å². The van der Waals surface area contributed by atoms with Crippen molar-refractivity contribution in [2.45, 2.75) is 19.5 Å². The second-order valence-electron chi connectivity index (χ2n) is 5.33. The number of rotatable bonds is 4. The van der Waals surface area contributed by atoms with E-state index in [1.54, 1.807) is 19.1 Å². The van der Waals surface area contributed by atoms with E-state index in [9.17, 15) is 18.0 Å². The number of halogens is 3. The monoisotopic (exact) mass is 366 g/mol. The third-order valence-corrected chi connectivity index (χ3v) is 4.55. The molecule has 2 heterocycles. The third kappa shape index (κ3) is 4.08. The Balaban J connectivity index is 1.76. The number of alkyl halides is 3. The van der Waals surface area contributed by atoms with E-state index < -0.39 is 17.6 Å². The third-order valence-electron chi connectivity index (χ3n) is 3.48. The SMILES string of the molecule is Cc1nc(NC(=O)c2ccco2)sc1Cc1cccc(C(F)(F)F)c1. The van der Waals surface area contributed by atoms with E-state index in [0.717, 1.165) is 17.0 Å². The first-order valence-corrected chi connectivity index (χ1v) is 8.12. The van der Waals surface area contributed by atoms with Gasteiger partial charge < -0.3 is 4.42 Å². The molecule has 0 radical (unpaired) electrons. The van der Waals surface area contributed by atoms with Crippen molar-refractivity contribution in [1.82, 2.24) is 4.98 Å². The summed E-state index contributed by atoms with van der Waals surface area (Å²) < 4.78 is 43.4. The second-order valence-corrected chi connectivity index (χ2v) is 6.42. The first kappa shape index (κ1) is 17.2. The van der Waals surface area contributed by atoms with Gasteiger partial charge in [0.05, 0.1) is 17.5 Å². The van der Waals surface area contributed by atoms with Crippen LogP contribution in [0.3, 0.4) is 0 Å². The lowest BCUT2D eigenvalue weighted by Crippen LogP contribution is -2.10. The van der Waals surface area contributed by atoms with E-state index in [4.69, 9.17) is 4.42 Å². The van der Waals surface area contributed by atoms with Gasteiger partial charge in [0.2, 0.25) is 0 Å². The highest BCUT2D eigenvalue weighted by molar-refractivity contribution is 7.15. The van der Waals surface area contributed by atoms with E-state index in [1.807, 2.05) is 0 Å². The van der Waals surface area contributed by atoms with Crippen LogP contribution in [-0.2, 0) is 12.6 Å². The Kier molecular flexibility index (Phi) is 4.63.